The molecule has 94 valence electrons. The van der Waals surface area contributed by atoms with Gasteiger partial charge < -0.3 is 10.9 Å². The van der Waals surface area contributed by atoms with Gasteiger partial charge in [-0.15, -0.1) is 0 Å². The third kappa shape index (κ3) is 2.65. The van der Waals surface area contributed by atoms with Gasteiger partial charge in [0.15, 0.2) is 0 Å². The Morgan fingerprint density at radius 1 is 0.722 bits per heavy atom. The summed E-state index contributed by atoms with van der Waals surface area (Å²) in [5.74, 6) is 0. The van der Waals surface area contributed by atoms with E-state index in [1.165, 1.54) is 22.3 Å². The maximum Gasteiger partial charge on any atom is 0.0571 e. The van der Waals surface area contributed by atoms with Crippen LogP contribution in [-0.2, 0) is 0 Å². The third-order valence-corrected chi connectivity index (χ3v) is 3.32. The lowest BCUT2D eigenvalue weighted by Gasteiger charge is -2.15. The Kier molecular flexibility index (Phi) is 3.56. The lowest BCUT2D eigenvalue weighted by molar-refractivity contribution is 1.28. The van der Waals surface area contributed by atoms with Gasteiger partial charge in [0.1, 0.15) is 0 Å². The SMILES string of the molecule is Cc1ccc(NNc2cccc(C)c2C)c(C)c1. The van der Waals surface area contributed by atoms with Crippen LogP contribution in [-0.4, -0.2) is 0 Å². The van der Waals surface area contributed by atoms with Crippen LogP contribution in [0.4, 0.5) is 11.4 Å². The smallest absolute Gasteiger partial charge is 0.0571 e. The maximum atomic E-state index is 3.28. The van der Waals surface area contributed by atoms with Crippen LogP contribution >= 0.6 is 0 Å². The molecule has 0 aromatic heterocycles. The van der Waals surface area contributed by atoms with Gasteiger partial charge in [-0.2, -0.15) is 0 Å². The lowest BCUT2D eigenvalue weighted by Crippen LogP contribution is -2.11. The van der Waals surface area contributed by atoms with Crippen LogP contribution in [0.3, 0.4) is 0 Å². The van der Waals surface area contributed by atoms with Crippen LogP contribution in [0, 0.1) is 27.7 Å². The van der Waals surface area contributed by atoms with Crippen molar-refractivity contribution in [2.45, 2.75) is 27.7 Å². The van der Waals surface area contributed by atoms with Crippen molar-refractivity contribution in [2.24, 2.45) is 0 Å². The molecule has 0 saturated heterocycles. The first-order valence-corrected chi connectivity index (χ1v) is 6.23. The molecule has 0 heterocycles. The highest BCUT2D eigenvalue weighted by molar-refractivity contribution is 5.60. The van der Waals surface area contributed by atoms with Crippen LogP contribution in [0.5, 0.6) is 0 Å². The molecule has 0 fully saturated rings. The van der Waals surface area contributed by atoms with Crippen LogP contribution in [0.1, 0.15) is 22.3 Å². The van der Waals surface area contributed by atoms with Crippen molar-refractivity contribution < 1.29 is 0 Å². The van der Waals surface area contributed by atoms with Crippen LogP contribution in [0.15, 0.2) is 36.4 Å². The Bertz CT molecular complexity index is 559. The zero-order chi connectivity index (χ0) is 13.1. The van der Waals surface area contributed by atoms with E-state index in [-0.39, 0.29) is 0 Å². The fourth-order valence-corrected chi connectivity index (χ4v) is 1.98. The van der Waals surface area contributed by atoms with Gasteiger partial charge in [-0.05, 0) is 56.5 Å². The number of rotatable bonds is 3. The Morgan fingerprint density at radius 2 is 1.44 bits per heavy atom. The average molecular weight is 240 g/mol. The van der Waals surface area contributed by atoms with Gasteiger partial charge in [0.05, 0.1) is 11.4 Å². The molecule has 0 saturated carbocycles. The van der Waals surface area contributed by atoms with Crippen molar-refractivity contribution in [2.75, 3.05) is 10.9 Å². The molecule has 2 heteroatoms. The maximum absolute atomic E-state index is 3.28. The zero-order valence-corrected chi connectivity index (χ0v) is 11.5. The molecular formula is C16H20N2. The van der Waals surface area contributed by atoms with E-state index in [1.54, 1.807) is 0 Å². The van der Waals surface area contributed by atoms with Gasteiger partial charge in [-0.3, -0.25) is 0 Å². The molecule has 0 radical (unpaired) electrons. The largest absolute Gasteiger partial charge is 0.301 e. The fourth-order valence-electron chi connectivity index (χ4n) is 1.98. The normalized spacial score (nSPS) is 10.2. The van der Waals surface area contributed by atoms with Gasteiger partial charge in [0.2, 0.25) is 0 Å². The molecule has 2 aromatic rings. The average Bonchev–Trinajstić information content (AvgIpc) is 2.33. The Hall–Kier alpha value is -1.96. The first-order chi connectivity index (χ1) is 8.58. The second-order valence-electron chi connectivity index (χ2n) is 4.82. The molecule has 0 atom stereocenters. The standard InChI is InChI=1S/C16H20N2/c1-11-8-9-15(13(3)10-11)17-18-16-7-5-6-12(2)14(16)4/h5-10,17-18H,1-4H3. The van der Waals surface area contributed by atoms with E-state index in [1.807, 2.05) is 0 Å². The van der Waals surface area contributed by atoms with Crippen molar-refractivity contribution in [3.05, 3.63) is 58.7 Å². The van der Waals surface area contributed by atoms with Gasteiger partial charge in [-0.1, -0.05) is 29.8 Å². The van der Waals surface area contributed by atoms with Crippen LogP contribution in [0.2, 0.25) is 0 Å². The molecule has 0 unspecified atom stereocenters. The lowest BCUT2D eigenvalue weighted by atomic mass is 10.1. The summed E-state index contributed by atoms with van der Waals surface area (Å²) in [5, 5.41) is 0. The minimum absolute atomic E-state index is 1.11. The van der Waals surface area contributed by atoms with Crippen LogP contribution < -0.4 is 10.9 Å². The summed E-state index contributed by atoms with van der Waals surface area (Å²) in [6.07, 6.45) is 0. The molecule has 0 bridgehead atoms. The molecule has 0 aliphatic carbocycles. The summed E-state index contributed by atoms with van der Waals surface area (Å²) in [4.78, 5) is 0. The molecule has 2 rings (SSSR count). The van der Waals surface area contributed by atoms with E-state index in [0.717, 1.165) is 11.4 Å². The number of benzene rings is 2. The van der Waals surface area contributed by atoms with Crippen LogP contribution in [0.25, 0.3) is 0 Å². The molecule has 18 heavy (non-hydrogen) atoms. The molecule has 2 nitrogen and oxygen atoms in total. The Morgan fingerprint density at radius 3 is 2.17 bits per heavy atom. The summed E-state index contributed by atoms with van der Waals surface area (Å²) in [7, 11) is 0. The van der Waals surface area contributed by atoms with E-state index >= 15 is 0 Å². The highest BCUT2D eigenvalue weighted by Gasteiger charge is 2.01. The number of aryl methyl sites for hydroxylation is 3. The Labute approximate surface area is 109 Å². The van der Waals surface area contributed by atoms with Gasteiger partial charge >= 0.3 is 0 Å². The van der Waals surface area contributed by atoms with Gasteiger partial charge in [0, 0.05) is 0 Å². The number of nitrogens with one attached hydrogen (secondary N) is 2. The quantitative estimate of drug-likeness (QED) is 0.779. The molecule has 0 spiro atoms. The third-order valence-electron chi connectivity index (χ3n) is 3.32. The van der Waals surface area contributed by atoms with E-state index in [0.29, 0.717) is 0 Å². The van der Waals surface area contributed by atoms with Crippen molar-refractivity contribution in [3.63, 3.8) is 0 Å². The van der Waals surface area contributed by atoms with E-state index in [9.17, 15) is 0 Å². The summed E-state index contributed by atoms with van der Waals surface area (Å²) in [6.45, 7) is 8.47. The van der Waals surface area contributed by atoms with Crippen molar-refractivity contribution in [1.29, 1.82) is 0 Å². The predicted molar refractivity (Wildman–Crippen MR) is 79.1 cm³/mol. The van der Waals surface area contributed by atoms with Crippen molar-refractivity contribution >= 4 is 11.4 Å². The second-order valence-corrected chi connectivity index (χ2v) is 4.82. The van der Waals surface area contributed by atoms with Crippen molar-refractivity contribution in [3.8, 4) is 0 Å². The molecule has 0 amide bonds. The van der Waals surface area contributed by atoms with E-state index in [4.69, 9.17) is 0 Å². The minimum atomic E-state index is 1.11. The Balaban J connectivity index is 2.14. The first-order valence-electron chi connectivity index (χ1n) is 6.23. The highest BCUT2D eigenvalue weighted by Crippen LogP contribution is 2.20. The monoisotopic (exact) mass is 240 g/mol. The highest BCUT2D eigenvalue weighted by atomic mass is 15.4. The van der Waals surface area contributed by atoms with Crippen molar-refractivity contribution in [1.82, 2.24) is 0 Å². The summed E-state index contributed by atoms with van der Waals surface area (Å²) in [5.41, 5.74) is 13.9. The number of hydrogen-bond acceptors (Lipinski definition) is 2. The summed E-state index contributed by atoms with van der Waals surface area (Å²) < 4.78 is 0. The van der Waals surface area contributed by atoms with E-state index < -0.39 is 0 Å². The molecule has 2 aromatic carbocycles. The zero-order valence-electron chi connectivity index (χ0n) is 11.5. The minimum Gasteiger partial charge on any atom is -0.301 e. The van der Waals surface area contributed by atoms with Gasteiger partial charge in [-0.25, -0.2) is 0 Å². The number of hydrazine groups is 1. The number of hydrogen-bond donors (Lipinski definition) is 2. The molecule has 2 N–H and O–H groups in total. The van der Waals surface area contributed by atoms with Gasteiger partial charge in [0.25, 0.3) is 0 Å². The topological polar surface area (TPSA) is 24.1 Å². The molecule has 0 aliphatic heterocycles. The molecule has 0 aliphatic rings. The van der Waals surface area contributed by atoms with E-state index in [2.05, 4.69) is 74.9 Å². The first kappa shape index (κ1) is 12.5. The fraction of sp³-hybridized carbons (Fsp3) is 0.250. The second kappa shape index (κ2) is 5.13. The number of anilines is 2. The summed E-state index contributed by atoms with van der Waals surface area (Å²) in [6, 6.07) is 12.7. The molecular weight excluding hydrogens is 220 g/mol. The predicted octanol–water partition coefficient (Wildman–Crippen LogP) is 4.36. The summed E-state index contributed by atoms with van der Waals surface area (Å²) >= 11 is 0.